The molecule has 0 spiro atoms. The Morgan fingerprint density at radius 3 is 2.73 bits per heavy atom. The predicted molar refractivity (Wildman–Crippen MR) is 79.8 cm³/mol. The third kappa shape index (κ3) is 3.02. The van der Waals surface area contributed by atoms with Gasteiger partial charge in [0.05, 0.1) is 16.6 Å². The monoisotopic (exact) mass is 299 g/mol. The van der Waals surface area contributed by atoms with Gasteiger partial charge in [-0.1, -0.05) is 12.0 Å². The number of nitro groups is 1. The van der Waals surface area contributed by atoms with Gasteiger partial charge in [-0.05, 0) is 24.3 Å². The highest BCUT2D eigenvalue weighted by Crippen LogP contribution is 2.27. The number of hydrogen-bond donors (Lipinski definition) is 2. The lowest BCUT2D eigenvalue weighted by Gasteiger charge is -2.08. The zero-order valence-electron chi connectivity index (χ0n) is 11.2. The number of nitro benzene ring substituents is 1. The van der Waals surface area contributed by atoms with Crippen molar-refractivity contribution in [3.05, 3.63) is 63.5 Å². The van der Waals surface area contributed by atoms with Gasteiger partial charge in [-0.3, -0.25) is 14.9 Å². The van der Waals surface area contributed by atoms with Crippen LogP contribution >= 0.6 is 0 Å². The summed E-state index contributed by atoms with van der Waals surface area (Å²) >= 11 is 0. The third-order valence-electron chi connectivity index (χ3n) is 2.85. The molecule has 2 rings (SSSR count). The Morgan fingerprint density at radius 2 is 2.09 bits per heavy atom. The summed E-state index contributed by atoms with van der Waals surface area (Å²) in [6, 6.07) is 7.89. The summed E-state index contributed by atoms with van der Waals surface area (Å²) in [5.41, 5.74) is 5.08. The summed E-state index contributed by atoms with van der Waals surface area (Å²) in [7, 11) is 0. The van der Waals surface area contributed by atoms with Gasteiger partial charge in [0.1, 0.15) is 11.5 Å². The normalized spacial score (nSPS) is 9.82. The lowest BCUT2D eigenvalue weighted by molar-refractivity contribution is -0.384. The molecule has 0 heterocycles. The second-order valence-corrected chi connectivity index (χ2v) is 4.32. The molecular formula is C15H10FN3O3. The number of halogens is 1. The van der Waals surface area contributed by atoms with Crippen LogP contribution < -0.4 is 11.1 Å². The quantitative estimate of drug-likeness (QED) is 0.394. The minimum Gasteiger partial charge on any atom is -0.393 e. The van der Waals surface area contributed by atoms with E-state index in [1.165, 1.54) is 6.07 Å². The van der Waals surface area contributed by atoms with Gasteiger partial charge in [-0.2, -0.15) is 0 Å². The molecule has 6 nitrogen and oxygen atoms in total. The van der Waals surface area contributed by atoms with Crippen molar-refractivity contribution in [2.75, 3.05) is 11.1 Å². The largest absolute Gasteiger partial charge is 0.393 e. The number of nitrogens with two attached hydrogens (primary N) is 1. The lowest BCUT2D eigenvalue weighted by atomic mass is 10.1. The molecule has 0 fully saturated rings. The molecule has 2 aromatic rings. The van der Waals surface area contributed by atoms with Gasteiger partial charge in [-0.15, -0.1) is 6.42 Å². The highest BCUT2D eigenvalue weighted by molar-refractivity contribution is 6.09. The minimum absolute atomic E-state index is 0.321. The summed E-state index contributed by atoms with van der Waals surface area (Å²) in [5, 5.41) is 13.3. The number of carbonyl (C=O) groups is 1. The number of benzene rings is 2. The van der Waals surface area contributed by atoms with E-state index in [-0.39, 0.29) is 5.56 Å². The summed E-state index contributed by atoms with van der Waals surface area (Å²) in [6.45, 7) is 0. The molecule has 0 aromatic heterocycles. The number of rotatable bonds is 3. The molecule has 0 aliphatic heterocycles. The van der Waals surface area contributed by atoms with Gasteiger partial charge < -0.3 is 11.1 Å². The average Bonchev–Trinajstić information content (AvgIpc) is 2.49. The zero-order valence-corrected chi connectivity index (χ0v) is 11.2. The molecule has 0 atom stereocenters. The number of carbonyl (C=O) groups excluding carboxylic acids is 1. The van der Waals surface area contributed by atoms with Crippen LogP contribution in [0.3, 0.4) is 0 Å². The van der Waals surface area contributed by atoms with Crippen molar-refractivity contribution in [2.45, 2.75) is 0 Å². The van der Waals surface area contributed by atoms with E-state index in [9.17, 15) is 19.3 Å². The van der Waals surface area contributed by atoms with Crippen molar-refractivity contribution >= 4 is 23.0 Å². The van der Waals surface area contributed by atoms with Gasteiger partial charge in [0.15, 0.2) is 0 Å². The molecule has 0 bridgehead atoms. The fraction of sp³-hybridized carbons (Fsp3) is 0. The van der Waals surface area contributed by atoms with Crippen molar-refractivity contribution in [1.29, 1.82) is 0 Å². The number of nitrogens with zero attached hydrogens (tertiary/aromatic N) is 1. The second-order valence-electron chi connectivity index (χ2n) is 4.32. The number of terminal acetylenes is 1. The SMILES string of the molecule is C#Cc1cccc(NC(=O)c2cc(F)cc([N+](=O)[O-])c2N)c1. The first-order valence-electron chi connectivity index (χ1n) is 6.04. The molecule has 2 aromatic carbocycles. The Hall–Kier alpha value is -3.40. The van der Waals surface area contributed by atoms with Crippen LogP contribution in [-0.4, -0.2) is 10.8 Å². The van der Waals surface area contributed by atoms with Gasteiger partial charge in [0, 0.05) is 11.3 Å². The smallest absolute Gasteiger partial charge is 0.295 e. The summed E-state index contributed by atoms with van der Waals surface area (Å²) in [6.07, 6.45) is 5.25. The Kier molecular flexibility index (Phi) is 4.04. The Labute approximate surface area is 124 Å². The predicted octanol–water partition coefficient (Wildman–Crippen LogP) is 2.55. The number of nitrogen functional groups attached to an aromatic ring is 1. The molecule has 110 valence electrons. The minimum atomic E-state index is -0.927. The van der Waals surface area contributed by atoms with E-state index >= 15 is 0 Å². The van der Waals surface area contributed by atoms with Crippen LogP contribution in [0.1, 0.15) is 15.9 Å². The van der Waals surface area contributed by atoms with Crippen molar-refractivity contribution in [2.24, 2.45) is 0 Å². The zero-order chi connectivity index (χ0) is 16.3. The average molecular weight is 299 g/mol. The first-order chi connectivity index (χ1) is 10.4. The fourth-order valence-corrected chi connectivity index (χ4v) is 1.83. The highest BCUT2D eigenvalue weighted by atomic mass is 19.1. The molecule has 1 amide bonds. The van der Waals surface area contributed by atoms with E-state index in [0.717, 1.165) is 6.07 Å². The Morgan fingerprint density at radius 1 is 1.36 bits per heavy atom. The molecule has 0 radical (unpaired) electrons. The number of hydrogen-bond acceptors (Lipinski definition) is 4. The molecule has 7 heteroatoms. The topological polar surface area (TPSA) is 98.3 Å². The number of amides is 1. The van der Waals surface area contributed by atoms with E-state index in [2.05, 4.69) is 11.2 Å². The first kappa shape index (κ1) is 15.0. The van der Waals surface area contributed by atoms with Crippen molar-refractivity contribution in [3.8, 4) is 12.3 Å². The van der Waals surface area contributed by atoms with E-state index in [0.29, 0.717) is 17.3 Å². The standard InChI is InChI=1S/C15H10FN3O3/c1-2-9-4-3-5-11(6-9)18-15(20)12-7-10(16)8-13(14(12)17)19(21)22/h1,3-8H,17H2,(H,18,20). The maximum Gasteiger partial charge on any atom is 0.295 e. The fourth-order valence-electron chi connectivity index (χ4n) is 1.83. The Bertz CT molecular complexity index is 812. The molecule has 0 saturated carbocycles. The van der Waals surface area contributed by atoms with Crippen LogP contribution in [0.2, 0.25) is 0 Å². The van der Waals surface area contributed by atoms with Gasteiger partial charge in [-0.25, -0.2) is 4.39 Å². The molecule has 0 aliphatic carbocycles. The molecular weight excluding hydrogens is 289 g/mol. The summed E-state index contributed by atoms with van der Waals surface area (Å²) in [5.74, 6) is 0.703. The van der Waals surface area contributed by atoms with Crippen molar-refractivity contribution in [1.82, 2.24) is 0 Å². The molecule has 0 saturated heterocycles. The first-order valence-corrected chi connectivity index (χ1v) is 6.04. The van der Waals surface area contributed by atoms with E-state index in [4.69, 9.17) is 12.2 Å². The third-order valence-corrected chi connectivity index (χ3v) is 2.85. The molecule has 3 N–H and O–H groups in total. The molecule has 0 aliphatic rings. The van der Waals surface area contributed by atoms with Crippen LogP contribution in [0, 0.1) is 28.3 Å². The van der Waals surface area contributed by atoms with Crippen LogP contribution in [0.5, 0.6) is 0 Å². The number of anilines is 2. The van der Waals surface area contributed by atoms with Gasteiger partial charge in [0.2, 0.25) is 0 Å². The number of nitrogens with one attached hydrogen (secondary N) is 1. The van der Waals surface area contributed by atoms with Gasteiger partial charge >= 0.3 is 0 Å². The summed E-state index contributed by atoms with van der Waals surface area (Å²) in [4.78, 5) is 22.1. The van der Waals surface area contributed by atoms with Gasteiger partial charge in [0.25, 0.3) is 11.6 Å². The van der Waals surface area contributed by atoms with Crippen LogP contribution in [-0.2, 0) is 0 Å². The highest BCUT2D eigenvalue weighted by Gasteiger charge is 2.21. The van der Waals surface area contributed by atoms with Crippen molar-refractivity contribution in [3.63, 3.8) is 0 Å². The van der Waals surface area contributed by atoms with E-state index < -0.39 is 28.0 Å². The maximum atomic E-state index is 13.4. The Balaban J connectivity index is 2.37. The van der Waals surface area contributed by atoms with Crippen molar-refractivity contribution < 1.29 is 14.1 Å². The van der Waals surface area contributed by atoms with Crippen LogP contribution in [0.4, 0.5) is 21.5 Å². The summed E-state index contributed by atoms with van der Waals surface area (Å²) < 4.78 is 13.4. The molecule has 22 heavy (non-hydrogen) atoms. The van der Waals surface area contributed by atoms with Crippen LogP contribution in [0.15, 0.2) is 36.4 Å². The van der Waals surface area contributed by atoms with Crippen LogP contribution in [0.25, 0.3) is 0 Å². The van der Waals surface area contributed by atoms with E-state index in [1.807, 2.05) is 0 Å². The lowest BCUT2D eigenvalue weighted by Crippen LogP contribution is -2.15. The molecule has 0 unspecified atom stereocenters. The van der Waals surface area contributed by atoms with E-state index in [1.54, 1.807) is 18.2 Å². The maximum absolute atomic E-state index is 13.4. The second kappa shape index (κ2) is 5.93.